The standard InChI is InChI=1S/C14H23N3O/c1-2-3-10-17(11-12-6-4-8-15-12)14(18)13-7-5-9-16-13/h5,7,9,12,15-16H,2-4,6,8,10-11H2,1H3. The number of amides is 1. The molecule has 1 aliphatic rings. The molecule has 4 heteroatoms. The van der Waals surface area contributed by atoms with Crippen molar-refractivity contribution in [2.75, 3.05) is 19.6 Å². The fourth-order valence-electron chi connectivity index (χ4n) is 2.44. The fourth-order valence-corrected chi connectivity index (χ4v) is 2.44. The van der Waals surface area contributed by atoms with Gasteiger partial charge in [0.2, 0.25) is 0 Å². The Hall–Kier alpha value is -1.29. The largest absolute Gasteiger partial charge is 0.357 e. The first-order chi connectivity index (χ1) is 8.81. The molecule has 1 amide bonds. The maximum absolute atomic E-state index is 12.4. The average molecular weight is 249 g/mol. The van der Waals surface area contributed by atoms with E-state index in [-0.39, 0.29) is 5.91 Å². The molecule has 0 spiro atoms. The molecule has 1 fully saturated rings. The lowest BCUT2D eigenvalue weighted by Crippen LogP contribution is -2.41. The summed E-state index contributed by atoms with van der Waals surface area (Å²) in [6.45, 7) is 4.93. The number of H-pyrrole nitrogens is 1. The third-order valence-electron chi connectivity index (χ3n) is 3.50. The second-order valence-corrected chi connectivity index (χ2v) is 4.98. The van der Waals surface area contributed by atoms with Gasteiger partial charge in [0.1, 0.15) is 5.69 Å². The van der Waals surface area contributed by atoms with Crippen molar-refractivity contribution in [3.05, 3.63) is 24.0 Å². The molecule has 2 heterocycles. The lowest BCUT2D eigenvalue weighted by molar-refractivity contribution is 0.0734. The summed E-state index contributed by atoms with van der Waals surface area (Å²) in [6.07, 6.45) is 6.40. The summed E-state index contributed by atoms with van der Waals surface area (Å²) >= 11 is 0. The predicted octanol–water partition coefficient (Wildman–Crippen LogP) is 2.01. The van der Waals surface area contributed by atoms with Gasteiger partial charge in [-0.25, -0.2) is 0 Å². The van der Waals surface area contributed by atoms with E-state index in [1.54, 1.807) is 6.20 Å². The summed E-state index contributed by atoms with van der Waals surface area (Å²) in [5, 5.41) is 3.46. The Balaban J connectivity index is 1.96. The van der Waals surface area contributed by atoms with Crippen LogP contribution in [0.15, 0.2) is 18.3 Å². The van der Waals surface area contributed by atoms with Gasteiger partial charge in [-0.05, 0) is 37.9 Å². The second-order valence-electron chi connectivity index (χ2n) is 4.98. The summed E-state index contributed by atoms with van der Waals surface area (Å²) in [7, 11) is 0. The molecule has 2 rings (SSSR count). The lowest BCUT2D eigenvalue weighted by atomic mass is 10.2. The zero-order chi connectivity index (χ0) is 12.8. The van der Waals surface area contributed by atoms with Gasteiger partial charge in [0, 0.05) is 25.3 Å². The summed E-state index contributed by atoms with van der Waals surface area (Å²) in [5.74, 6) is 0.127. The van der Waals surface area contributed by atoms with Crippen molar-refractivity contribution in [2.45, 2.75) is 38.6 Å². The quantitative estimate of drug-likeness (QED) is 0.810. The van der Waals surface area contributed by atoms with Crippen LogP contribution in [0.2, 0.25) is 0 Å². The molecule has 1 aromatic rings. The molecular weight excluding hydrogens is 226 g/mol. The van der Waals surface area contributed by atoms with Gasteiger partial charge in [-0.1, -0.05) is 13.3 Å². The Morgan fingerprint density at radius 1 is 1.56 bits per heavy atom. The molecule has 100 valence electrons. The molecule has 0 saturated carbocycles. The number of hydrogen-bond acceptors (Lipinski definition) is 2. The van der Waals surface area contributed by atoms with E-state index in [4.69, 9.17) is 0 Å². The summed E-state index contributed by atoms with van der Waals surface area (Å²) < 4.78 is 0. The number of carbonyl (C=O) groups excluding carboxylic acids is 1. The summed E-state index contributed by atoms with van der Waals surface area (Å²) in [5.41, 5.74) is 0.698. The van der Waals surface area contributed by atoms with Crippen molar-refractivity contribution >= 4 is 5.91 Å². The van der Waals surface area contributed by atoms with Crippen LogP contribution < -0.4 is 5.32 Å². The number of aromatic nitrogens is 1. The molecule has 2 N–H and O–H groups in total. The van der Waals surface area contributed by atoms with E-state index in [2.05, 4.69) is 17.2 Å². The van der Waals surface area contributed by atoms with Crippen molar-refractivity contribution in [1.29, 1.82) is 0 Å². The van der Waals surface area contributed by atoms with Gasteiger partial charge >= 0.3 is 0 Å². The SMILES string of the molecule is CCCCN(CC1CCCN1)C(=O)c1ccc[nH]1. The van der Waals surface area contributed by atoms with Crippen LogP contribution in [0.1, 0.15) is 43.1 Å². The first kappa shape index (κ1) is 13.1. The number of carbonyl (C=O) groups is 1. The zero-order valence-corrected chi connectivity index (χ0v) is 11.1. The number of rotatable bonds is 6. The molecule has 0 radical (unpaired) electrons. The van der Waals surface area contributed by atoms with Crippen molar-refractivity contribution in [3.63, 3.8) is 0 Å². The van der Waals surface area contributed by atoms with Crippen LogP contribution in [-0.2, 0) is 0 Å². The zero-order valence-electron chi connectivity index (χ0n) is 11.1. The van der Waals surface area contributed by atoms with Crippen LogP contribution in [0.4, 0.5) is 0 Å². The third-order valence-corrected chi connectivity index (χ3v) is 3.50. The highest BCUT2D eigenvalue weighted by Gasteiger charge is 2.22. The van der Waals surface area contributed by atoms with E-state index in [1.807, 2.05) is 17.0 Å². The molecule has 0 aliphatic carbocycles. The fraction of sp³-hybridized carbons (Fsp3) is 0.643. The van der Waals surface area contributed by atoms with Crippen LogP contribution >= 0.6 is 0 Å². The first-order valence-electron chi connectivity index (χ1n) is 6.97. The van der Waals surface area contributed by atoms with E-state index >= 15 is 0 Å². The van der Waals surface area contributed by atoms with E-state index in [0.717, 1.165) is 32.5 Å². The molecular formula is C14H23N3O. The molecule has 1 atom stereocenters. The van der Waals surface area contributed by atoms with E-state index in [0.29, 0.717) is 11.7 Å². The highest BCUT2D eigenvalue weighted by atomic mass is 16.2. The van der Waals surface area contributed by atoms with Crippen molar-refractivity contribution in [2.24, 2.45) is 0 Å². The van der Waals surface area contributed by atoms with Crippen molar-refractivity contribution in [3.8, 4) is 0 Å². The van der Waals surface area contributed by atoms with Crippen LogP contribution in [0.5, 0.6) is 0 Å². The van der Waals surface area contributed by atoms with Crippen LogP contribution in [0.25, 0.3) is 0 Å². The molecule has 4 nitrogen and oxygen atoms in total. The summed E-state index contributed by atoms with van der Waals surface area (Å²) in [4.78, 5) is 17.4. The first-order valence-corrected chi connectivity index (χ1v) is 6.97. The number of aromatic amines is 1. The van der Waals surface area contributed by atoms with Gasteiger partial charge in [-0.3, -0.25) is 4.79 Å². The van der Waals surface area contributed by atoms with Crippen molar-refractivity contribution in [1.82, 2.24) is 15.2 Å². The molecule has 1 saturated heterocycles. The molecule has 1 aromatic heterocycles. The minimum Gasteiger partial charge on any atom is -0.357 e. The van der Waals surface area contributed by atoms with Gasteiger partial charge in [-0.15, -0.1) is 0 Å². The lowest BCUT2D eigenvalue weighted by Gasteiger charge is -2.25. The van der Waals surface area contributed by atoms with Gasteiger partial charge in [0.15, 0.2) is 0 Å². The maximum Gasteiger partial charge on any atom is 0.270 e. The highest BCUT2D eigenvalue weighted by Crippen LogP contribution is 2.10. The van der Waals surface area contributed by atoms with E-state index in [9.17, 15) is 4.79 Å². The normalized spacial score (nSPS) is 19.1. The number of hydrogen-bond donors (Lipinski definition) is 2. The van der Waals surface area contributed by atoms with Crippen LogP contribution in [-0.4, -0.2) is 41.5 Å². The Bertz CT molecular complexity index is 355. The average Bonchev–Trinajstić information content (AvgIpc) is 3.06. The van der Waals surface area contributed by atoms with Crippen LogP contribution in [0.3, 0.4) is 0 Å². The number of unbranched alkanes of at least 4 members (excludes halogenated alkanes) is 1. The smallest absolute Gasteiger partial charge is 0.270 e. The monoisotopic (exact) mass is 249 g/mol. The Labute approximate surface area is 109 Å². The molecule has 1 aliphatic heterocycles. The number of nitrogens with zero attached hydrogens (tertiary/aromatic N) is 1. The minimum absolute atomic E-state index is 0.127. The van der Waals surface area contributed by atoms with E-state index < -0.39 is 0 Å². The molecule has 0 bridgehead atoms. The predicted molar refractivity (Wildman–Crippen MR) is 72.6 cm³/mol. The minimum atomic E-state index is 0.127. The van der Waals surface area contributed by atoms with Gasteiger partial charge < -0.3 is 15.2 Å². The maximum atomic E-state index is 12.4. The number of nitrogens with one attached hydrogen (secondary N) is 2. The topological polar surface area (TPSA) is 48.1 Å². The summed E-state index contributed by atoms with van der Waals surface area (Å²) in [6, 6.07) is 4.20. The van der Waals surface area contributed by atoms with Gasteiger partial charge in [0.25, 0.3) is 5.91 Å². The van der Waals surface area contributed by atoms with Crippen molar-refractivity contribution < 1.29 is 4.79 Å². The van der Waals surface area contributed by atoms with Gasteiger partial charge in [0.05, 0.1) is 0 Å². The third kappa shape index (κ3) is 3.35. The second kappa shape index (κ2) is 6.59. The van der Waals surface area contributed by atoms with Crippen LogP contribution in [0, 0.1) is 0 Å². The molecule has 18 heavy (non-hydrogen) atoms. The Kier molecular flexibility index (Phi) is 4.81. The molecule has 0 aromatic carbocycles. The highest BCUT2D eigenvalue weighted by molar-refractivity contribution is 5.92. The van der Waals surface area contributed by atoms with E-state index in [1.165, 1.54) is 12.8 Å². The molecule has 1 unspecified atom stereocenters. The Morgan fingerprint density at radius 3 is 3.06 bits per heavy atom. The van der Waals surface area contributed by atoms with Gasteiger partial charge in [-0.2, -0.15) is 0 Å². The Morgan fingerprint density at radius 2 is 2.44 bits per heavy atom.